The van der Waals surface area contributed by atoms with E-state index in [2.05, 4.69) is 180 Å². The zero-order valence-electron chi connectivity index (χ0n) is 25.7. The number of aromatic nitrogens is 1. The van der Waals surface area contributed by atoms with Gasteiger partial charge in [-0.15, -0.1) is 0 Å². The van der Waals surface area contributed by atoms with Crippen LogP contribution in [-0.4, -0.2) is 4.57 Å². The molecule has 0 spiro atoms. The Kier molecular flexibility index (Phi) is 5.64. The molecule has 0 radical (unpaired) electrons. The molecule has 0 unspecified atom stereocenters. The Bertz CT molecular complexity index is 2780. The fourth-order valence-corrected chi connectivity index (χ4v) is 7.81. The van der Waals surface area contributed by atoms with Crippen molar-refractivity contribution < 1.29 is 0 Å². The van der Waals surface area contributed by atoms with Crippen LogP contribution in [0.2, 0.25) is 0 Å². The van der Waals surface area contributed by atoms with Crippen molar-refractivity contribution in [2.24, 2.45) is 0 Å². The van der Waals surface area contributed by atoms with Crippen molar-refractivity contribution in [3.63, 3.8) is 0 Å². The highest BCUT2D eigenvalue weighted by Crippen LogP contribution is 2.42. The van der Waals surface area contributed by atoms with Crippen LogP contribution in [0.1, 0.15) is 0 Å². The number of benzene rings is 9. The molecule has 0 aliphatic carbocycles. The van der Waals surface area contributed by atoms with Crippen LogP contribution in [0.3, 0.4) is 0 Å². The molecule has 10 aromatic rings. The van der Waals surface area contributed by atoms with E-state index in [4.69, 9.17) is 0 Å². The fraction of sp³-hybridized carbons (Fsp3) is 0. The van der Waals surface area contributed by atoms with Gasteiger partial charge < -0.3 is 4.57 Å². The summed E-state index contributed by atoms with van der Waals surface area (Å²) in [6.45, 7) is 0. The maximum absolute atomic E-state index is 2.41. The SMILES string of the molecule is c1ccc2cc(-c3cc4cc(-c5ccc(-n6c7ccccc7c7ccccc76)cc5)c5ccccc5c4c4ccccc34)ccc2c1. The molecule has 218 valence electrons. The lowest BCUT2D eigenvalue weighted by atomic mass is 9.87. The highest BCUT2D eigenvalue weighted by Gasteiger charge is 2.16. The van der Waals surface area contributed by atoms with Crippen LogP contribution in [0.5, 0.6) is 0 Å². The molecule has 0 N–H and O–H groups in total. The van der Waals surface area contributed by atoms with Crippen LogP contribution >= 0.6 is 0 Å². The minimum absolute atomic E-state index is 1.17. The largest absolute Gasteiger partial charge is 0.309 e. The zero-order valence-corrected chi connectivity index (χ0v) is 25.7. The predicted molar refractivity (Wildman–Crippen MR) is 202 cm³/mol. The second-order valence-electron chi connectivity index (χ2n) is 12.5. The van der Waals surface area contributed by atoms with Crippen molar-refractivity contribution in [1.82, 2.24) is 4.57 Å². The molecule has 0 bridgehead atoms. The summed E-state index contributed by atoms with van der Waals surface area (Å²) in [6.07, 6.45) is 0. The molecule has 0 saturated heterocycles. The van der Waals surface area contributed by atoms with Crippen LogP contribution in [0, 0.1) is 0 Å². The summed E-state index contributed by atoms with van der Waals surface area (Å²) in [4.78, 5) is 0. The van der Waals surface area contributed by atoms with Gasteiger partial charge in [-0.1, -0.05) is 133 Å². The van der Waals surface area contributed by atoms with E-state index < -0.39 is 0 Å². The smallest absolute Gasteiger partial charge is 0.0541 e. The highest BCUT2D eigenvalue weighted by molar-refractivity contribution is 6.26. The van der Waals surface area contributed by atoms with Gasteiger partial charge in [0.1, 0.15) is 0 Å². The minimum atomic E-state index is 1.17. The van der Waals surface area contributed by atoms with E-state index in [0.717, 1.165) is 0 Å². The molecule has 0 atom stereocenters. The Morgan fingerprint density at radius 1 is 0.298 bits per heavy atom. The van der Waals surface area contributed by atoms with Gasteiger partial charge in [-0.2, -0.15) is 0 Å². The highest BCUT2D eigenvalue weighted by atomic mass is 15.0. The molecule has 1 heterocycles. The van der Waals surface area contributed by atoms with E-state index >= 15 is 0 Å². The molecular weight excluding hydrogens is 567 g/mol. The summed E-state index contributed by atoms with van der Waals surface area (Å²) in [5, 5.41) is 12.8. The average molecular weight is 596 g/mol. The maximum atomic E-state index is 2.41. The molecule has 9 aromatic carbocycles. The fourth-order valence-electron chi connectivity index (χ4n) is 7.81. The number of nitrogens with zero attached hydrogens (tertiary/aromatic N) is 1. The third-order valence-corrected chi connectivity index (χ3v) is 9.94. The first-order chi connectivity index (χ1) is 23.3. The van der Waals surface area contributed by atoms with E-state index in [9.17, 15) is 0 Å². The Hall–Kier alpha value is -6.18. The van der Waals surface area contributed by atoms with Gasteiger partial charge in [0.15, 0.2) is 0 Å². The van der Waals surface area contributed by atoms with Crippen molar-refractivity contribution >= 4 is 64.9 Å². The zero-order chi connectivity index (χ0) is 30.9. The lowest BCUT2D eigenvalue weighted by Gasteiger charge is -2.17. The quantitative estimate of drug-likeness (QED) is 0.179. The molecule has 0 fully saturated rings. The minimum Gasteiger partial charge on any atom is -0.309 e. The molecule has 0 aliphatic heterocycles. The number of hydrogen-bond donors (Lipinski definition) is 0. The van der Waals surface area contributed by atoms with Gasteiger partial charge in [0.05, 0.1) is 11.0 Å². The van der Waals surface area contributed by atoms with E-state index in [-0.39, 0.29) is 0 Å². The average Bonchev–Trinajstić information content (AvgIpc) is 3.48. The van der Waals surface area contributed by atoms with Gasteiger partial charge in [-0.25, -0.2) is 0 Å². The van der Waals surface area contributed by atoms with E-state index in [1.54, 1.807) is 0 Å². The molecule has 0 saturated carbocycles. The Morgan fingerprint density at radius 2 is 0.766 bits per heavy atom. The summed E-state index contributed by atoms with van der Waals surface area (Å²) in [5.41, 5.74) is 8.60. The number of rotatable bonds is 3. The van der Waals surface area contributed by atoms with Crippen molar-refractivity contribution in [3.8, 4) is 27.9 Å². The molecule has 0 amide bonds. The Labute approximate surface area is 272 Å². The van der Waals surface area contributed by atoms with Gasteiger partial charge in [0.2, 0.25) is 0 Å². The van der Waals surface area contributed by atoms with Crippen molar-refractivity contribution in [1.29, 1.82) is 0 Å². The van der Waals surface area contributed by atoms with Gasteiger partial charge >= 0.3 is 0 Å². The summed E-state index contributed by atoms with van der Waals surface area (Å²) < 4.78 is 2.38. The molecule has 0 aliphatic rings. The third-order valence-electron chi connectivity index (χ3n) is 9.94. The molecule has 47 heavy (non-hydrogen) atoms. The third kappa shape index (κ3) is 3.97. The van der Waals surface area contributed by atoms with Gasteiger partial charge in [0.25, 0.3) is 0 Å². The molecule has 10 rings (SSSR count). The van der Waals surface area contributed by atoms with Crippen LogP contribution in [0.25, 0.3) is 92.8 Å². The van der Waals surface area contributed by atoms with Gasteiger partial charge in [-0.3, -0.25) is 0 Å². The predicted octanol–water partition coefficient (Wildman–Crippen LogP) is 12.7. The summed E-state index contributed by atoms with van der Waals surface area (Å²) >= 11 is 0. The van der Waals surface area contributed by atoms with Gasteiger partial charge in [-0.05, 0) is 108 Å². The molecule has 1 nitrogen and oxygen atoms in total. The van der Waals surface area contributed by atoms with Crippen molar-refractivity contribution in [2.45, 2.75) is 0 Å². The first-order valence-electron chi connectivity index (χ1n) is 16.3. The van der Waals surface area contributed by atoms with E-state index in [0.29, 0.717) is 0 Å². The van der Waals surface area contributed by atoms with Crippen LogP contribution < -0.4 is 0 Å². The standard InChI is InChI=1S/C46H29N/c1-2-12-32-27-33(22-21-30(32)11-1)43-29-34-28-42(36-13-3-5-17-40(36)46(34)41-18-6-4-14-37(41)43)31-23-25-35(26-24-31)47-44-19-9-7-15-38(44)39-16-8-10-20-45(39)47/h1-29H. The topological polar surface area (TPSA) is 4.93 Å². The second kappa shape index (κ2) is 10.2. The molecule has 1 aromatic heterocycles. The number of fused-ring (bicyclic) bond motifs is 9. The lowest BCUT2D eigenvalue weighted by molar-refractivity contribution is 1.18. The molecular formula is C46H29N. The van der Waals surface area contributed by atoms with Crippen LogP contribution in [-0.2, 0) is 0 Å². The lowest BCUT2D eigenvalue weighted by Crippen LogP contribution is -1.94. The first kappa shape index (κ1) is 26.1. The van der Waals surface area contributed by atoms with Crippen LogP contribution in [0.15, 0.2) is 176 Å². The summed E-state index contributed by atoms with van der Waals surface area (Å²) in [7, 11) is 0. The Morgan fingerprint density at radius 3 is 1.38 bits per heavy atom. The summed E-state index contributed by atoms with van der Waals surface area (Å²) in [5.74, 6) is 0. The second-order valence-corrected chi connectivity index (χ2v) is 12.5. The normalized spacial score (nSPS) is 11.8. The summed E-state index contributed by atoms with van der Waals surface area (Å²) in [6, 6.07) is 64.6. The number of para-hydroxylation sites is 2. The van der Waals surface area contributed by atoms with E-state index in [1.165, 1.54) is 92.8 Å². The van der Waals surface area contributed by atoms with Gasteiger partial charge in [0, 0.05) is 16.5 Å². The first-order valence-corrected chi connectivity index (χ1v) is 16.3. The van der Waals surface area contributed by atoms with E-state index in [1.807, 2.05) is 0 Å². The van der Waals surface area contributed by atoms with Crippen LogP contribution in [0.4, 0.5) is 0 Å². The monoisotopic (exact) mass is 595 g/mol. The Balaban J connectivity index is 1.20. The van der Waals surface area contributed by atoms with Crippen molar-refractivity contribution in [2.75, 3.05) is 0 Å². The number of hydrogen-bond acceptors (Lipinski definition) is 0. The van der Waals surface area contributed by atoms with Crippen molar-refractivity contribution in [3.05, 3.63) is 176 Å². The maximum Gasteiger partial charge on any atom is 0.0541 e. The molecule has 1 heteroatoms.